The van der Waals surface area contributed by atoms with E-state index in [9.17, 15) is 13.2 Å². The van der Waals surface area contributed by atoms with Crippen molar-refractivity contribution in [3.63, 3.8) is 0 Å². The van der Waals surface area contributed by atoms with Gasteiger partial charge in [0.2, 0.25) is 15.9 Å². The molecule has 0 radical (unpaired) electrons. The highest BCUT2D eigenvalue weighted by molar-refractivity contribution is 7.89. The monoisotopic (exact) mass is 455 g/mol. The van der Waals surface area contributed by atoms with Crippen LogP contribution in [-0.2, 0) is 21.2 Å². The van der Waals surface area contributed by atoms with Gasteiger partial charge in [-0.05, 0) is 48.1 Å². The van der Waals surface area contributed by atoms with Crippen LogP contribution in [0.5, 0.6) is 0 Å². The van der Waals surface area contributed by atoms with Crippen molar-refractivity contribution in [1.82, 2.24) is 9.21 Å². The van der Waals surface area contributed by atoms with E-state index < -0.39 is 10.0 Å². The third-order valence-electron chi connectivity index (χ3n) is 5.21. The molecule has 2 aromatic rings. The zero-order valence-corrected chi connectivity index (χ0v) is 19.2. The topological polar surface area (TPSA) is 69.7 Å². The minimum absolute atomic E-state index is 0.0919. The van der Waals surface area contributed by atoms with Gasteiger partial charge >= 0.3 is 0 Å². The largest absolute Gasteiger partial charge is 0.325 e. The second-order valence-corrected chi connectivity index (χ2v) is 10.8. The van der Waals surface area contributed by atoms with E-state index in [1.165, 1.54) is 42.7 Å². The van der Waals surface area contributed by atoms with Gasteiger partial charge in [0.25, 0.3) is 0 Å². The predicted octanol–water partition coefficient (Wildman–Crippen LogP) is 3.99. The van der Waals surface area contributed by atoms with Gasteiger partial charge < -0.3 is 5.32 Å². The number of nitrogens with zero attached hydrogens (tertiary/aromatic N) is 2. The smallest absolute Gasteiger partial charge is 0.242 e. The quantitative estimate of drug-likeness (QED) is 0.685. The molecule has 1 N–H and O–H groups in total. The van der Waals surface area contributed by atoms with E-state index in [0.717, 1.165) is 23.7 Å². The number of carbonyl (C=O) groups is 1. The number of sulfonamides is 1. The number of carbonyl (C=O) groups excluding carboxylic acids is 1. The molecule has 1 amide bonds. The highest BCUT2D eigenvalue weighted by Gasteiger charge is 2.27. The number of hydrogen-bond donors (Lipinski definition) is 1. The summed E-state index contributed by atoms with van der Waals surface area (Å²) in [6.45, 7) is 3.75. The van der Waals surface area contributed by atoms with Crippen molar-refractivity contribution in [2.75, 3.05) is 32.5 Å². The number of benzene rings is 1. The van der Waals surface area contributed by atoms with E-state index in [2.05, 4.69) is 28.6 Å². The summed E-state index contributed by atoms with van der Waals surface area (Å²) in [6, 6.07) is 6.86. The molecule has 1 aliphatic heterocycles. The van der Waals surface area contributed by atoms with Crippen molar-refractivity contribution in [2.45, 2.75) is 37.1 Å². The Labute approximate surface area is 181 Å². The normalized spacial score (nSPS) is 17.3. The highest BCUT2D eigenvalue weighted by Crippen LogP contribution is 2.35. The fourth-order valence-electron chi connectivity index (χ4n) is 3.62. The Hall–Kier alpha value is -1.45. The summed E-state index contributed by atoms with van der Waals surface area (Å²) >= 11 is 7.98. The van der Waals surface area contributed by atoms with E-state index >= 15 is 0 Å². The third kappa shape index (κ3) is 4.83. The number of nitrogens with one attached hydrogen (secondary N) is 1. The average Bonchev–Trinajstić information content (AvgIpc) is 3.16. The van der Waals surface area contributed by atoms with E-state index in [-0.39, 0.29) is 10.8 Å². The zero-order chi connectivity index (χ0) is 21.2. The summed E-state index contributed by atoms with van der Waals surface area (Å²) in [7, 11) is -0.674. The summed E-state index contributed by atoms with van der Waals surface area (Å²) in [5, 5.41) is 5.22. The van der Waals surface area contributed by atoms with E-state index in [0.29, 0.717) is 29.7 Å². The van der Waals surface area contributed by atoms with Gasteiger partial charge in [-0.1, -0.05) is 18.5 Å². The minimum atomic E-state index is -3.60. The Morgan fingerprint density at radius 3 is 2.79 bits per heavy atom. The zero-order valence-electron chi connectivity index (χ0n) is 16.8. The molecule has 29 heavy (non-hydrogen) atoms. The van der Waals surface area contributed by atoms with Crippen LogP contribution >= 0.6 is 22.9 Å². The molecule has 0 fully saturated rings. The first-order valence-corrected chi connectivity index (χ1v) is 12.3. The molecule has 0 spiro atoms. The van der Waals surface area contributed by atoms with Crippen molar-refractivity contribution >= 4 is 44.6 Å². The number of hydrogen-bond acceptors (Lipinski definition) is 5. The molecule has 0 aliphatic carbocycles. The first-order valence-electron chi connectivity index (χ1n) is 9.56. The molecule has 3 rings (SSSR count). The molecule has 6 nitrogen and oxygen atoms in total. The van der Waals surface area contributed by atoms with Crippen LogP contribution in [-0.4, -0.2) is 50.7 Å². The van der Waals surface area contributed by atoms with Gasteiger partial charge in [0, 0.05) is 44.5 Å². The predicted molar refractivity (Wildman–Crippen MR) is 118 cm³/mol. The van der Waals surface area contributed by atoms with Crippen LogP contribution < -0.4 is 5.32 Å². The van der Waals surface area contributed by atoms with Crippen LogP contribution in [0.2, 0.25) is 5.02 Å². The first-order chi connectivity index (χ1) is 13.7. The lowest BCUT2D eigenvalue weighted by Crippen LogP contribution is -2.36. The van der Waals surface area contributed by atoms with Crippen LogP contribution in [0.4, 0.5) is 5.69 Å². The van der Waals surface area contributed by atoms with Gasteiger partial charge in [-0.15, -0.1) is 11.3 Å². The molecule has 1 aliphatic rings. The molecule has 2 heterocycles. The number of halogens is 1. The highest BCUT2D eigenvalue weighted by atomic mass is 35.5. The van der Waals surface area contributed by atoms with Gasteiger partial charge in [-0.25, -0.2) is 12.7 Å². The van der Waals surface area contributed by atoms with Crippen LogP contribution in [0.3, 0.4) is 0 Å². The summed E-state index contributed by atoms with van der Waals surface area (Å²) < 4.78 is 25.8. The molecule has 9 heteroatoms. The number of rotatable bonds is 7. The van der Waals surface area contributed by atoms with E-state index in [1.54, 1.807) is 11.3 Å². The van der Waals surface area contributed by atoms with Crippen LogP contribution in [0.25, 0.3) is 0 Å². The van der Waals surface area contributed by atoms with Crippen molar-refractivity contribution in [3.8, 4) is 0 Å². The average molecular weight is 456 g/mol. The van der Waals surface area contributed by atoms with Crippen LogP contribution in [0, 0.1) is 0 Å². The van der Waals surface area contributed by atoms with E-state index in [4.69, 9.17) is 11.6 Å². The van der Waals surface area contributed by atoms with Crippen LogP contribution in [0.15, 0.2) is 34.5 Å². The van der Waals surface area contributed by atoms with Gasteiger partial charge in [0.1, 0.15) is 0 Å². The standard InChI is InChI=1S/C20H26ClN3O3S2/c1-4-18-15-9-12-28-19(15)7-10-24(18)11-8-20(25)22-17-13-14(5-6-16(17)21)29(26,27)23(2)3/h5-6,9,12-13,18H,4,7-8,10-11H2,1-3H3,(H,22,25). The Morgan fingerprint density at radius 2 is 2.10 bits per heavy atom. The number of anilines is 1. The summed E-state index contributed by atoms with van der Waals surface area (Å²) in [4.78, 5) is 16.4. The Kier molecular flexibility index (Phi) is 7.01. The minimum Gasteiger partial charge on any atom is -0.325 e. The maximum Gasteiger partial charge on any atom is 0.242 e. The lowest BCUT2D eigenvalue weighted by molar-refractivity contribution is -0.116. The molecule has 1 unspecified atom stereocenters. The van der Waals surface area contributed by atoms with Crippen molar-refractivity contribution in [3.05, 3.63) is 45.1 Å². The van der Waals surface area contributed by atoms with Crippen molar-refractivity contribution in [2.24, 2.45) is 0 Å². The van der Waals surface area contributed by atoms with Gasteiger partial charge in [0.15, 0.2) is 0 Å². The van der Waals surface area contributed by atoms with Crippen molar-refractivity contribution in [1.29, 1.82) is 0 Å². The molecule has 1 aromatic carbocycles. The second kappa shape index (κ2) is 9.14. The molecular formula is C20H26ClN3O3S2. The maximum absolute atomic E-state index is 12.5. The number of thiophene rings is 1. The molecule has 0 saturated heterocycles. The Morgan fingerprint density at radius 1 is 1.34 bits per heavy atom. The number of fused-ring (bicyclic) bond motifs is 1. The summed E-state index contributed by atoms with van der Waals surface area (Å²) in [5.41, 5.74) is 1.69. The fourth-order valence-corrected chi connectivity index (χ4v) is 5.64. The SMILES string of the molecule is CCC1c2ccsc2CCN1CCC(=O)Nc1cc(S(=O)(=O)N(C)C)ccc1Cl. The van der Waals surface area contributed by atoms with E-state index in [1.807, 2.05) is 0 Å². The molecule has 0 saturated carbocycles. The molecule has 1 atom stereocenters. The molecular weight excluding hydrogens is 430 g/mol. The van der Waals surface area contributed by atoms with Gasteiger partial charge in [0.05, 0.1) is 15.6 Å². The second-order valence-electron chi connectivity index (χ2n) is 7.24. The summed E-state index contributed by atoms with van der Waals surface area (Å²) in [5.74, 6) is -0.183. The van der Waals surface area contributed by atoms with Gasteiger partial charge in [-0.2, -0.15) is 0 Å². The number of amides is 1. The molecule has 0 bridgehead atoms. The Balaban J connectivity index is 1.66. The summed E-state index contributed by atoms with van der Waals surface area (Å²) in [6.07, 6.45) is 2.33. The van der Waals surface area contributed by atoms with Gasteiger partial charge in [-0.3, -0.25) is 9.69 Å². The van der Waals surface area contributed by atoms with Crippen molar-refractivity contribution < 1.29 is 13.2 Å². The van der Waals surface area contributed by atoms with Crippen LogP contribution in [0.1, 0.15) is 36.2 Å². The first kappa shape index (κ1) is 22.2. The third-order valence-corrected chi connectivity index (χ3v) is 8.35. The maximum atomic E-state index is 12.5. The lowest BCUT2D eigenvalue weighted by Gasteiger charge is -2.35. The lowest BCUT2D eigenvalue weighted by atomic mass is 9.97. The molecule has 158 valence electrons. The fraction of sp³-hybridized carbons (Fsp3) is 0.450. The molecule has 1 aromatic heterocycles. The Bertz CT molecular complexity index is 989.